The molecule has 0 spiro atoms. The van der Waals surface area contributed by atoms with Gasteiger partial charge in [0.2, 0.25) is 0 Å². The second-order valence-corrected chi connectivity index (χ2v) is 6.75. The minimum atomic E-state index is 0.482. The highest BCUT2D eigenvalue weighted by Crippen LogP contribution is 2.27. The fraction of sp³-hybridized carbons (Fsp3) is 0.444. The summed E-state index contributed by atoms with van der Waals surface area (Å²) in [5.74, 6) is 0. The van der Waals surface area contributed by atoms with E-state index in [-0.39, 0.29) is 0 Å². The van der Waals surface area contributed by atoms with Crippen molar-refractivity contribution in [1.82, 2.24) is 5.32 Å². The van der Waals surface area contributed by atoms with Gasteiger partial charge in [0.25, 0.3) is 0 Å². The number of benzene rings is 1. The highest BCUT2D eigenvalue weighted by Gasteiger charge is 2.15. The van der Waals surface area contributed by atoms with Gasteiger partial charge in [-0.25, -0.2) is 0 Å². The molecule has 114 valence electrons. The van der Waals surface area contributed by atoms with Crippen LogP contribution in [0.15, 0.2) is 35.7 Å². The summed E-state index contributed by atoms with van der Waals surface area (Å²) in [4.78, 5) is 3.91. The van der Waals surface area contributed by atoms with Crippen LogP contribution in [0.2, 0.25) is 0 Å². The van der Waals surface area contributed by atoms with Crippen molar-refractivity contribution >= 4 is 17.0 Å². The minimum absolute atomic E-state index is 0.482. The zero-order chi connectivity index (χ0) is 15.2. The lowest BCUT2D eigenvalue weighted by Crippen LogP contribution is -2.31. The van der Waals surface area contributed by atoms with Gasteiger partial charge in [0.05, 0.1) is 6.54 Å². The molecule has 0 saturated carbocycles. The molecule has 1 aromatic heterocycles. The third kappa shape index (κ3) is 4.32. The molecular formula is C18H26N2S. The molecule has 1 heterocycles. The van der Waals surface area contributed by atoms with E-state index in [1.807, 2.05) is 11.3 Å². The molecule has 0 aliphatic heterocycles. The molecule has 0 atom stereocenters. The van der Waals surface area contributed by atoms with Crippen molar-refractivity contribution in [2.24, 2.45) is 0 Å². The molecule has 0 bridgehead atoms. The van der Waals surface area contributed by atoms with Crippen LogP contribution < -0.4 is 10.2 Å². The van der Waals surface area contributed by atoms with Crippen LogP contribution in [0.3, 0.4) is 0 Å². The van der Waals surface area contributed by atoms with Crippen LogP contribution in [-0.4, -0.2) is 12.6 Å². The Morgan fingerprint density at radius 1 is 1.24 bits per heavy atom. The van der Waals surface area contributed by atoms with Crippen molar-refractivity contribution in [1.29, 1.82) is 0 Å². The van der Waals surface area contributed by atoms with Crippen molar-refractivity contribution in [3.8, 4) is 0 Å². The van der Waals surface area contributed by atoms with E-state index < -0.39 is 0 Å². The average Bonchev–Trinajstić information content (AvgIpc) is 2.96. The summed E-state index contributed by atoms with van der Waals surface area (Å²) in [5, 5.41) is 5.62. The van der Waals surface area contributed by atoms with Gasteiger partial charge in [-0.15, -0.1) is 11.3 Å². The maximum Gasteiger partial charge on any atom is 0.0525 e. The Bertz CT molecular complexity index is 546. The van der Waals surface area contributed by atoms with Gasteiger partial charge in [-0.05, 0) is 50.4 Å². The van der Waals surface area contributed by atoms with Gasteiger partial charge in [0.1, 0.15) is 0 Å². The zero-order valence-corrected chi connectivity index (χ0v) is 14.3. The monoisotopic (exact) mass is 302 g/mol. The topological polar surface area (TPSA) is 15.3 Å². The summed E-state index contributed by atoms with van der Waals surface area (Å²) in [6, 6.07) is 11.6. The first-order valence-corrected chi connectivity index (χ1v) is 8.59. The summed E-state index contributed by atoms with van der Waals surface area (Å²) in [6.45, 7) is 11.8. The molecule has 0 amide bonds. The molecule has 1 N–H and O–H groups in total. The number of hydrogen-bond donors (Lipinski definition) is 1. The number of anilines is 1. The zero-order valence-electron chi connectivity index (χ0n) is 13.5. The van der Waals surface area contributed by atoms with Crippen molar-refractivity contribution in [3.63, 3.8) is 0 Å². The van der Waals surface area contributed by atoms with E-state index in [9.17, 15) is 0 Å². The van der Waals surface area contributed by atoms with Gasteiger partial charge >= 0.3 is 0 Å². The molecule has 2 nitrogen and oxygen atoms in total. The predicted molar refractivity (Wildman–Crippen MR) is 94.2 cm³/mol. The molecule has 2 rings (SSSR count). The van der Waals surface area contributed by atoms with Crippen LogP contribution in [0.5, 0.6) is 0 Å². The molecule has 21 heavy (non-hydrogen) atoms. The number of thiophene rings is 1. The van der Waals surface area contributed by atoms with Gasteiger partial charge in [-0.1, -0.05) is 30.7 Å². The molecule has 0 unspecified atom stereocenters. The third-order valence-electron chi connectivity index (χ3n) is 3.64. The molecule has 0 aliphatic rings. The standard InChI is InChI=1S/C18H26N2S/c1-5-19-12-16-11-15(4)8-9-18(16)20(14(2)3)13-17-7-6-10-21-17/h6-11,14,19H,5,12-13H2,1-4H3. The normalized spacial score (nSPS) is 11.1. The molecular weight excluding hydrogens is 276 g/mol. The van der Waals surface area contributed by atoms with Crippen LogP contribution in [0.25, 0.3) is 0 Å². The average molecular weight is 302 g/mol. The first kappa shape index (κ1) is 16.1. The fourth-order valence-corrected chi connectivity index (χ4v) is 3.21. The highest BCUT2D eigenvalue weighted by atomic mass is 32.1. The van der Waals surface area contributed by atoms with Crippen molar-refractivity contribution in [2.45, 2.75) is 46.8 Å². The molecule has 2 aromatic rings. The van der Waals surface area contributed by atoms with E-state index in [0.29, 0.717) is 6.04 Å². The lowest BCUT2D eigenvalue weighted by atomic mass is 10.1. The predicted octanol–water partition coefficient (Wildman–Crippen LogP) is 4.58. The van der Waals surface area contributed by atoms with E-state index in [4.69, 9.17) is 0 Å². The lowest BCUT2D eigenvalue weighted by molar-refractivity contribution is 0.671. The van der Waals surface area contributed by atoms with E-state index in [2.05, 4.69) is 73.6 Å². The third-order valence-corrected chi connectivity index (χ3v) is 4.50. The number of aryl methyl sites for hydroxylation is 1. The minimum Gasteiger partial charge on any atom is -0.364 e. The van der Waals surface area contributed by atoms with Gasteiger partial charge < -0.3 is 10.2 Å². The molecule has 1 aromatic carbocycles. The Labute approximate surface area is 132 Å². The van der Waals surface area contributed by atoms with Crippen molar-refractivity contribution < 1.29 is 0 Å². The van der Waals surface area contributed by atoms with Crippen LogP contribution in [0.1, 0.15) is 36.8 Å². The van der Waals surface area contributed by atoms with Crippen molar-refractivity contribution in [3.05, 3.63) is 51.7 Å². The van der Waals surface area contributed by atoms with Gasteiger partial charge in [0, 0.05) is 23.2 Å². The Hall–Kier alpha value is -1.32. The van der Waals surface area contributed by atoms with Crippen LogP contribution in [0, 0.1) is 6.92 Å². The molecule has 0 fully saturated rings. The van der Waals surface area contributed by atoms with Gasteiger partial charge in [-0.3, -0.25) is 0 Å². The molecule has 3 heteroatoms. The number of nitrogens with one attached hydrogen (secondary N) is 1. The first-order chi connectivity index (χ1) is 10.1. The number of rotatable bonds is 7. The summed E-state index contributed by atoms with van der Waals surface area (Å²) in [6.07, 6.45) is 0. The Kier molecular flexibility index (Phi) is 5.83. The number of nitrogens with zero attached hydrogens (tertiary/aromatic N) is 1. The summed E-state index contributed by atoms with van der Waals surface area (Å²) < 4.78 is 0. The van der Waals surface area contributed by atoms with Gasteiger partial charge in [0.15, 0.2) is 0 Å². The van der Waals surface area contributed by atoms with Crippen LogP contribution >= 0.6 is 11.3 Å². The maximum absolute atomic E-state index is 3.46. The Morgan fingerprint density at radius 2 is 2.05 bits per heavy atom. The van der Waals surface area contributed by atoms with E-state index in [1.54, 1.807) is 0 Å². The maximum atomic E-state index is 3.46. The Morgan fingerprint density at radius 3 is 2.67 bits per heavy atom. The van der Waals surface area contributed by atoms with Crippen LogP contribution in [0.4, 0.5) is 5.69 Å². The molecule has 0 aliphatic carbocycles. The molecule has 0 saturated heterocycles. The lowest BCUT2D eigenvalue weighted by Gasteiger charge is -2.31. The second kappa shape index (κ2) is 7.62. The summed E-state index contributed by atoms with van der Waals surface area (Å²) >= 11 is 1.83. The van der Waals surface area contributed by atoms with Crippen LogP contribution in [-0.2, 0) is 13.1 Å². The highest BCUT2D eigenvalue weighted by molar-refractivity contribution is 7.09. The quantitative estimate of drug-likeness (QED) is 0.805. The fourth-order valence-electron chi connectivity index (χ4n) is 2.51. The van der Waals surface area contributed by atoms with E-state index in [1.165, 1.54) is 21.7 Å². The SMILES string of the molecule is CCNCc1cc(C)ccc1N(Cc1cccs1)C(C)C. The second-order valence-electron chi connectivity index (χ2n) is 5.71. The van der Waals surface area contributed by atoms with Gasteiger partial charge in [-0.2, -0.15) is 0 Å². The van der Waals surface area contributed by atoms with E-state index in [0.717, 1.165) is 19.6 Å². The van der Waals surface area contributed by atoms with E-state index >= 15 is 0 Å². The largest absolute Gasteiger partial charge is 0.364 e. The smallest absolute Gasteiger partial charge is 0.0525 e. The Balaban J connectivity index is 2.30. The summed E-state index contributed by atoms with van der Waals surface area (Å²) in [7, 11) is 0. The summed E-state index contributed by atoms with van der Waals surface area (Å²) in [5.41, 5.74) is 4.07. The molecule has 0 radical (unpaired) electrons. The van der Waals surface area contributed by atoms with Crippen molar-refractivity contribution in [2.75, 3.05) is 11.4 Å². The number of hydrogen-bond acceptors (Lipinski definition) is 3. The first-order valence-electron chi connectivity index (χ1n) is 7.71.